The van der Waals surface area contributed by atoms with Crippen molar-refractivity contribution in [1.82, 2.24) is 0 Å². The molecule has 0 spiro atoms. The number of nitrogens with two attached hydrogens (primary N) is 1. The zero-order valence-electron chi connectivity index (χ0n) is 4.84. The molecule has 1 amide bonds. The summed E-state index contributed by atoms with van der Waals surface area (Å²) < 4.78 is 4.27. The van der Waals surface area contributed by atoms with Crippen molar-refractivity contribution in [3.8, 4) is 0 Å². The van der Waals surface area contributed by atoms with Gasteiger partial charge in [0.15, 0.2) is 0 Å². The molecule has 0 radical (unpaired) electrons. The first kappa shape index (κ1) is 7.45. The zero-order chi connectivity index (χ0) is 6.78. The van der Waals surface area contributed by atoms with Crippen LogP contribution in [0.1, 0.15) is 0 Å². The van der Waals surface area contributed by atoms with Crippen LogP contribution in [0.15, 0.2) is 0 Å². The second-order valence-corrected chi connectivity index (χ2v) is 4.97. The van der Waals surface area contributed by atoms with Crippen molar-refractivity contribution in [1.29, 1.82) is 0 Å². The molecule has 0 aliphatic heterocycles. The Balaban J connectivity index is 3.55. The summed E-state index contributed by atoms with van der Waals surface area (Å²) in [6.07, 6.45) is -0.913. The molecule has 0 atom stereocenters. The minimum absolute atomic E-state index is 0.913. The fourth-order valence-corrected chi connectivity index (χ4v) is 0.739. The topological polar surface area (TPSA) is 72.6 Å². The number of primary amides is 1. The van der Waals surface area contributed by atoms with E-state index >= 15 is 0 Å². The molecule has 4 nitrogen and oxygen atoms in total. The van der Waals surface area contributed by atoms with Crippen molar-refractivity contribution in [2.24, 2.45) is 5.73 Å². The van der Waals surface area contributed by atoms with Crippen LogP contribution in [-0.2, 0) is 4.43 Å². The number of amides is 1. The van der Waals surface area contributed by atoms with Crippen LogP contribution in [0.4, 0.5) is 4.79 Å². The smallest absolute Gasteiger partial charge is 0.394 e. The van der Waals surface area contributed by atoms with Crippen LogP contribution in [-0.4, -0.2) is 19.4 Å². The van der Waals surface area contributed by atoms with Crippen LogP contribution in [0.3, 0.4) is 0 Å². The van der Waals surface area contributed by atoms with E-state index in [0.29, 0.717) is 0 Å². The van der Waals surface area contributed by atoms with Gasteiger partial charge in [-0.15, -0.1) is 0 Å². The van der Waals surface area contributed by atoms with E-state index < -0.39 is 14.7 Å². The first-order valence-electron chi connectivity index (χ1n) is 2.12. The summed E-state index contributed by atoms with van der Waals surface area (Å²) in [6.45, 7) is 2.91. The molecule has 0 fully saturated rings. The lowest BCUT2D eigenvalue weighted by molar-refractivity contribution is 0.197. The molecule has 0 bridgehead atoms. The highest BCUT2D eigenvalue weighted by Crippen LogP contribution is 1.95. The molecule has 0 saturated carbocycles. The normalized spacial score (nSPS) is 10.9. The summed E-state index contributed by atoms with van der Waals surface area (Å²) in [4.78, 5) is 18.7. The molecule has 0 heterocycles. The number of rotatable bonds is 1. The zero-order valence-corrected chi connectivity index (χ0v) is 5.84. The van der Waals surface area contributed by atoms with Gasteiger partial charge in [0.1, 0.15) is 0 Å². The summed E-state index contributed by atoms with van der Waals surface area (Å²) in [5.74, 6) is 0. The molecule has 0 aliphatic carbocycles. The Hall–Kier alpha value is -0.553. The fourth-order valence-electron chi connectivity index (χ4n) is 0.246. The summed E-state index contributed by atoms with van der Waals surface area (Å²) in [6, 6.07) is 0. The van der Waals surface area contributed by atoms with E-state index in [1.807, 2.05) is 0 Å². The number of hydrogen-bond donors (Lipinski definition) is 2. The van der Waals surface area contributed by atoms with Gasteiger partial charge in [-0.2, -0.15) is 0 Å². The minimum atomic E-state index is -2.69. The Labute approximate surface area is 48.5 Å². The Morgan fingerprint density at radius 3 is 2.12 bits per heavy atom. The van der Waals surface area contributed by atoms with Gasteiger partial charge < -0.3 is 15.0 Å². The van der Waals surface area contributed by atoms with Gasteiger partial charge in [0.05, 0.1) is 0 Å². The third-order valence-electron chi connectivity index (χ3n) is 0.350. The van der Waals surface area contributed by atoms with Crippen molar-refractivity contribution in [2.75, 3.05) is 0 Å². The van der Waals surface area contributed by atoms with Crippen LogP contribution < -0.4 is 5.73 Å². The second kappa shape index (κ2) is 2.14. The molecule has 5 heteroatoms. The van der Waals surface area contributed by atoms with Gasteiger partial charge in [-0.05, 0) is 13.1 Å². The van der Waals surface area contributed by atoms with Gasteiger partial charge in [-0.1, -0.05) is 0 Å². The minimum Gasteiger partial charge on any atom is -0.479 e. The molecule has 48 valence electrons. The van der Waals surface area contributed by atoms with E-state index in [-0.39, 0.29) is 0 Å². The van der Waals surface area contributed by atoms with Gasteiger partial charge in [0, 0.05) is 0 Å². The number of hydrogen-bond acceptors (Lipinski definition) is 3. The Morgan fingerprint density at radius 2 is 2.12 bits per heavy atom. The van der Waals surface area contributed by atoms with Crippen LogP contribution >= 0.6 is 0 Å². The van der Waals surface area contributed by atoms with Gasteiger partial charge in [-0.3, -0.25) is 0 Å². The van der Waals surface area contributed by atoms with Gasteiger partial charge in [0.25, 0.3) is 0 Å². The predicted octanol–water partition coefficient (Wildman–Crippen LogP) is -0.224. The Bertz CT molecular complexity index is 97.2. The van der Waals surface area contributed by atoms with Gasteiger partial charge in [0.2, 0.25) is 0 Å². The molecule has 8 heavy (non-hydrogen) atoms. The summed E-state index contributed by atoms with van der Waals surface area (Å²) >= 11 is 0. The van der Waals surface area contributed by atoms with E-state index in [1.54, 1.807) is 0 Å². The van der Waals surface area contributed by atoms with E-state index in [0.717, 1.165) is 0 Å². The molecule has 3 N–H and O–H groups in total. The van der Waals surface area contributed by atoms with Crippen LogP contribution in [0.25, 0.3) is 0 Å². The maximum atomic E-state index is 9.89. The van der Waals surface area contributed by atoms with Gasteiger partial charge >= 0.3 is 14.7 Å². The van der Waals surface area contributed by atoms with E-state index in [9.17, 15) is 4.79 Å². The SMILES string of the molecule is C[Si](C)(O)OC(N)=O. The van der Waals surface area contributed by atoms with E-state index in [2.05, 4.69) is 10.2 Å². The van der Waals surface area contributed by atoms with E-state index in [1.165, 1.54) is 13.1 Å². The molecule has 0 aromatic heterocycles. The van der Waals surface area contributed by atoms with Crippen LogP contribution in [0.2, 0.25) is 13.1 Å². The standard InChI is InChI=1S/C3H9NO3Si/c1-8(2,6)7-3(4)5/h6H,1-2H3,(H2,4,5). The van der Waals surface area contributed by atoms with E-state index in [4.69, 9.17) is 4.80 Å². The van der Waals surface area contributed by atoms with Crippen molar-refractivity contribution in [2.45, 2.75) is 13.1 Å². The summed E-state index contributed by atoms with van der Waals surface area (Å²) in [5, 5.41) is 0. The molecule has 0 unspecified atom stereocenters. The first-order valence-corrected chi connectivity index (χ1v) is 4.98. The van der Waals surface area contributed by atoms with Crippen molar-refractivity contribution in [3.63, 3.8) is 0 Å². The molecule has 0 aromatic carbocycles. The average molecular weight is 135 g/mol. The number of carbonyl (C=O) groups is 1. The molecular formula is C3H9NO3Si. The summed E-state index contributed by atoms with van der Waals surface area (Å²) in [7, 11) is -2.69. The second-order valence-electron chi connectivity index (χ2n) is 1.87. The predicted molar refractivity (Wildman–Crippen MR) is 30.4 cm³/mol. The Morgan fingerprint density at radius 1 is 1.75 bits per heavy atom. The highest BCUT2D eigenvalue weighted by atomic mass is 28.4. The molecular weight excluding hydrogens is 126 g/mol. The largest absolute Gasteiger partial charge is 0.479 e. The molecule has 0 aliphatic rings. The molecule has 0 aromatic rings. The van der Waals surface area contributed by atoms with Crippen molar-refractivity contribution in [3.05, 3.63) is 0 Å². The van der Waals surface area contributed by atoms with Crippen molar-refractivity contribution < 1.29 is 14.0 Å². The fraction of sp³-hybridized carbons (Fsp3) is 0.667. The lowest BCUT2D eigenvalue weighted by atomic mass is 11.3. The monoisotopic (exact) mass is 135 g/mol. The lowest BCUT2D eigenvalue weighted by Crippen LogP contribution is -2.35. The third-order valence-corrected chi connectivity index (χ3v) is 1.05. The third kappa shape index (κ3) is 5.45. The summed E-state index contributed by atoms with van der Waals surface area (Å²) in [5.41, 5.74) is 4.59. The maximum Gasteiger partial charge on any atom is 0.394 e. The molecule has 0 rings (SSSR count). The quantitative estimate of drug-likeness (QED) is 0.488. The maximum absolute atomic E-state index is 9.89. The van der Waals surface area contributed by atoms with Crippen LogP contribution in [0, 0.1) is 0 Å². The number of carbonyl (C=O) groups excluding carboxylic acids is 1. The first-order chi connectivity index (χ1) is 3.42. The van der Waals surface area contributed by atoms with Crippen molar-refractivity contribution >= 4 is 14.7 Å². The highest BCUT2D eigenvalue weighted by molar-refractivity contribution is 6.64. The van der Waals surface area contributed by atoms with Crippen LogP contribution in [0.5, 0.6) is 0 Å². The lowest BCUT2D eigenvalue weighted by Gasteiger charge is -2.11. The Kier molecular flexibility index (Phi) is 2.00. The van der Waals surface area contributed by atoms with Gasteiger partial charge in [-0.25, -0.2) is 4.79 Å². The average Bonchev–Trinajstić information content (AvgIpc) is 1.21. The highest BCUT2D eigenvalue weighted by Gasteiger charge is 2.21. The molecule has 0 saturated heterocycles.